The van der Waals surface area contributed by atoms with Gasteiger partial charge in [-0.25, -0.2) is 4.79 Å². The van der Waals surface area contributed by atoms with Crippen molar-refractivity contribution in [1.29, 1.82) is 0 Å². The van der Waals surface area contributed by atoms with E-state index in [2.05, 4.69) is 4.90 Å². The molecule has 94 valence electrons. The van der Waals surface area contributed by atoms with Gasteiger partial charge in [0.05, 0.1) is 6.26 Å². The molecule has 0 unspecified atom stereocenters. The third-order valence-electron chi connectivity index (χ3n) is 2.82. The van der Waals surface area contributed by atoms with E-state index >= 15 is 0 Å². The van der Waals surface area contributed by atoms with Gasteiger partial charge in [0.25, 0.3) is 0 Å². The molecule has 0 radical (unpaired) electrons. The van der Waals surface area contributed by atoms with E-state index < -0.39 is 0 Å². The van der Waals surface area contributed by atoms with Crippen molar-refractivity contribution in [2.75, 3.05) is 37.7 Å². The van der Waals surface area contributed by atoms with E-state index in [4.69, 9.17) is 9.15 Å². The lowest BCUT2D eigenvalue weighted by Gasteiger charge is -2.25. The lowest BCUT2D eigenvalue weighted by molar-refractivity contribution is 0.0464. The molecule has 0 amide bonds. The van der Waals surface area contributed by atoms with E-state index in [-0.39, 0.29) is 5.97 Å². The number of carbonyl (C=O) groups excluding carboxylic acids is 1. The highest BCUT2D eigenvalue weighted by atomic mass is 32.2. The van der Waals surface area contributed by atoms with Crippen LogP contribution in [0.25, 0.3) is 0 Å². The van der Waals surface area contributed by atoms with Crippen molar-refractivity contribution in [2.45, 2.75) is 6.92 Å². The number of aryl methyl sites for hydroxylation is 1. The Labute approximate surface area is 105 Å². The van der Waals surface area contributed by atoms with Crippen molar-refractivity contribution in [3.8, 4) is 0 Å². The number of furan rings is 1. The van der Waals surface area contributed by atoms with E-state index in [9.17, 15) is 4.79 Å². The van der Waals surface area contributed by atoms with Gasteiger partial charge in [-0.15, -0.1) is 0 Å². The maximum atomic E-state index is 11.7. The second-order valence-electron chi connectivity index (χ2n) is 3.98. The third-order valence-corrected chi connectivity index (χ3v) is 3.77. The molecule has 0 N–H and O–H groups in total. The van der Waals surface area contributed by atoms with Crippen molar-refractivity contribution >= 4 is 17.7 Å². The predicted molar refractivity (Wildman–Crippen MR) is 67.5 cm³/mol. The molecule has 0 aliphatic carbocycles. The molecule has 5 heteroatoms. The van der Waals surface area contributed by atoms with Gasteiger partial charge in [-0.2, -0.15) is 11.8 Å². The largest absolute Gasteiger partial charge is 0.469 e. The molecule has 1 saturated heterocycles. The average molecular weight is 255 g/mol. The van der Waals surface area contributed by atoms with Crippen molar-refractivity contribution < 1.29 is 13.9 Å². The molecule has 0 bridgehead atoms. The minimum atomic E-state index is -0.289. The van der Waals surface area contributed by atoms with Crippen LogP contribution in [0.4, 0.5) is 0 Å². The van der Waals surface area contributed by atoms with Crippen molar-refractivity contribution in [3.05, 3.63) is 23.7 Å². The minimum absolute atomic E-state index is 0.289. The Hall–Kier alpha value is -0.940. The van der Waals surface area contributed by atoms with E-state index in [0.29, 0.717) is 17.9 Å². The summed E-state index contributed by atoms with van der Waals surface area (Å²) in [6.45, 7) is 5.22. The lowest BCUT2D eigenvalue weighted by atomic mass is 10.3. The van der Waals surface area contributed by atoms with Crippen LogP contribution in [0.15, 0.2) is 16.7 Å². The number of thioether (sulfide) groups is 1. The van der Waals surface area contributed by atoms with Crippen molar-refractivity contribution in [3.63, 3.8) is 0 Å². The number of rotatable bonds is 4. The van der Waals surface area contributed by atoms with Gasteiger partial charge in [-0.05, 0) is 13.0 Å². The number of hydrogen-bond donors (Lipinski definition) is 0. The van der Waals surface area contributed by atoms with Crippen molar-refractivity contribution in [1.82, 2.24) is 4.90 Å². The summed E-state index contributed by atoms with van der Waals surface area (Å²) in [6.07, 6.45) is 1.51. The molecule has 1 aliphatic rings. The first kappa shape index (κ1) is 12.5. The van der Waals surface area contributed by atoms with Gasteiger partial charge in [0.1, 0.15) is 17.9 Å². The summed E-state index contributed by atoms with van der Waals surface area (Å²) in [4.78, 5) is 14.0. The summed E-state index contributed by atoms with van der Waals surface area (Å²) < 4.78 is 10.3. The van der Waals surface area contributed by atoms with E-state index in [1.807, 2.05) is 11.8 Å². The van der Waals surface area contributed by atoms with Crippen LogP contribution in [-0.2, 0) is 4.74 Å². The Balaban J connectivity index is 1.71. The highest BCUT2D eigenvalue weighted by Crippen LogP contribution is 2.11. The zero-order valence-electron chi connectivity index (χ0n) is 9.98. The highest BCUT2D eigenvalue weighted by Gasteiger charge is 2.14. The van der Waals surface area contributed by atoms with Crippen LogP contribution in [0.2, 0.25) is 0 Å². The second kappa shape index (κ2) is 6.12. The first-order chi connectivity index (χ1) is 8.27. The molecule has 17 heavy (non-hydrogen) atoms. The van der Waals surface area contributed by atoms with Crippen molar-refractivity contribution in [2.24, 2.45) is 0 Å². The third kappa shape index (κ3) is 3.51. The molecule has 0 spiro atoms. The van der Waals surface area contributed by atoms with Crippen LogP contribution in [0.5, 0.6) is 0 Å². The fourth-order valence-electron chi connectivity index (χ4n) is 1.77. The average Bonchev–Trinajstić information content (AvgIpc) is 2.77. The lowest BCUT2D eigenvalue weighted by Crippen LogP contribution is -2.35. The Kier molecular flexibility index (Phi) is 4.50. The molecule has 4 nitrogen and oxygen atoms in total. The summed E-state index contributed by atoms with van der Waals surface area (Å²) in [5.41, 5.74) is 0.527. The van der Waals surface area contributed by atoms with Gasteiger partial charge in [-0.3, -0.25) is 4.90 Å². The summed E-state index contributed by atoms with van der Waals surface area (Å²) >= 11 is 1.98. The minimum Gasteiger partial charge on any atom is -0.469 e. The Morgan fingerprint density at radius 2 is 2.29 bits per heavy atom. The highest BCUT2D eigenvalue weighted by molar-refractivity contribution is 7.99. The zero-order chi connectivity index (χ0) is 12.1. The van der Waals surface area contributed by atoms with Crippen LogP contribution < -0.4 is 0 Å². The predicted octanol–water partition coefficient (Wildman–Crippen LogP) is 1.79. The number of ether oxygens (including phenoxy) is 1. The molecule has 1 aromatic heterocycles. The molecule has 1 aromatic rings. The maximum absolute atomic E-state index is 11.7. The number of nitrogens with zero attached hydrogens (tertiary/aromatic N) is 1. The quantitative estimate of drug-likeness (QED) is 0.767. The van der Waals surface area contributed by atoms with E-state index in [1.165, 1.54) is 17.8 Å². The standard InChI is InChI=1S/C12H17NO3S/c1-10-11(2-6-15-10)12(14)16-7-3-13-4-8-17-9-5-13/h2,6H,3-5,7-9H2,1H3. The topological polar surface area (TPSA) is 42.7 Å². The maximum Gasteiger partial charge on any atom is 0.341 e. The molecule has 0 aromatic carbocycles. The van der Waals surface area contributed by atoms with Crippen LogP contribution in [0, 0.1) is 6.92 Å². The first-order valence-electron chi connectivity index (χ1n) is 5.78. The normalized spacial score (nSPS) is 17.0. The molecule has 0 atom stereocenters. The van der Waals surface area contributed by atoms with Crippen LogP contribution in [0.3, 0.4) is 0 Å². The summed E-state index contributed by atoms with van der Waals surface area (Å²) in [5, 5.41) is 0. The van der Waals surface area contributed by atoms with Gasteiger partial charge in [-0.1, -0.05) is 0 Å². The van der Waals surface area contributed by atoms with Crippen LogP contribution >= 0.6 is 11.8 Å². The fraction of sp³-hybridized carbons (Fsp3) is 0.583. The van der Waals surface area contributed by atoms with Gasteiger partial charge >= 0.3 is 5.97 Å². The summed E-state index contributed by atoms with van der Waals surface area (Å²) in [6, 6.07) is 1.65. The van der Waals surface area contributed by atoms with E-state index in [0.717, 1.165) is 19.6 Å². The monoisotopic (exact) mass is 255 g/mol. The second-order valence-corrected chi connectivity index (χ2v) is 5.21. The summed E-state index contributed by atoms with van der Waals surface area (Å²) in [7, 11) is 0. The Morgan fingerprint density at radius 3 is 2.94 bits per heavy atom. The Bertz CT molecular complexity index is 372. The number of hydrogen-bond acceptors (Lipinski definition) is 5. The number of esters is 1. The smallest absolute Gasteiger partial charge is 0.341 e. The molecule has 2 heterocycles. The SMILES string of the molecule is Cc1occc1C(=O)OCCN1CCSCC1. The van der Waals surface area contributed by atoms with Crippen LogP contribution in [-0.4, -0.2) is 48.6 Å². The molecule has 2 rings (SSSR count). The Morgan fingerprint density at radius 1 is 1.53 bits per heavy atom. The van der Waals surface area contributed by atoms with Crippen LogP contribution in [0.1, 0.15) is 16.1 Å². The van der Waals surface area contributed by atoms with E-state index in [1.54, 1.807) is 13.0 Å². The summed E-state index contributed by atoms with van der Waals surface area (Å²) in [5.74, 6) is 2.68. The molecular weight excluding hydrogens is 238 g/mol. The molecule has 1 aliphatic heterocycles. The zero-order valence-corrected chi connectivity index (χ0v) is 10.8. The molecule has 0 saturated carbocycles. The van der Waals surface area contributed by atoms with Gasteiger partial charge in [0, 0.05) is 31.1 Å². The molecule has 1 fully saturated rings. The van der Waals surface area contributed by atoms with Gasteiger partial charge in [0.15, 0.2) is 0 Å². The fourth-order valence-corrected chi connectivity index (χ4v) is 2.75. The first-order valence-corrected chi connectivity index (χ1v) is 6.94. The van der Waals surface area contributed by atoms with Gasteiger partial charge in [0.2, 0.25) is 0 Å². The van der Waals surface area contributed by atoms with Gasteiger partial charge < -0.3 is 9.15 Å². The number of carbonyl (C=O) groups is 1. The molecular formula is C12H17NO3S.